The number of hydrogen-bond acceptors (Lipinski definition) is 3. The first kappa shape index (κ1) is 16.6. The minimum absolute atomic E-state index is 0.0733. The Labute approximate surface area is 149 Å². The number of amides is 1. The van der Waals surface area contributed by atoms with E-state index >= 15 is 0 Å². The van der Waals surface area contributed by atoms with Crippen LogP contribution in [0.25, 0.3) is 6.08 Å². The van der Waals surface area contributed by atoms with Crippen molar-refractivity contribution in [3.05, 3.63) is 57.5 Å². The highest BCUT2D eigenvalue weighted by molar-refractivity contribution is 6.44. The van der Waals surface area contributed by atoms with E-state index in [4.69, 9.17) is 27.6 Å². The average Bonchev–Trinajstić information content (AvgIpc) is 3.10. The van der Waals surface area contributed by atoms with Gasteiger partial charge in [-0.05, 0) is 36.6 Å². The van der Waals surface area contributed by atoms with E-state index in [2.05, 4.69) is 12.2 Å². The third-order valence-corrected chi connectivity index (χ3v) is 4.79. The van der Waals surface area contributed by atoms with E-state index < -0.39 is 5.91 Å². The van der Waals surface area contributed by atoms with Crippen LogP contribution in [0.3, 0.4) is 0 Å². The maximum atomic E-state index is 12.3. The van der Waals surface area contributed by atoms with Crippen molar-refractivity contribution in [2.75, 3.05) is 5.32 Å². The largest absolute Gasteiger partial charge is 0.461 e. The van der Waals surface area contributed by atoms with Crippen LogP contribution in [0.5, 0.6) is 0 Å². The molecule has 0 spiro atoms. The minimum Gasteiger partial charge on any atom is -0.461 e. The van der Waals surface area contributed by atoms with Crippen LogP contribution in [-0.2, 0) is 4.79 Å². The van der Waals surface area contributed by atoms with Crippen LogP contribution in [-0.4, -0.2) is 5.91 Å². The number of furan rings is 1. The summed E-state index contributed by atoms with van der Waals surface area (Å²) in [6.07, 6.45) is 2.53. The number of nitrogens with zero attached hydrogens (tertiary/aromatic N) is 1. The zero-order chi connectivity index (χ0) is 17.3. The van der Waals surface area contributed by atoms with Gasteiger partial charge in [-0.3, -0.25) is 4.79 Å². The van der Waals surface area contributed by atoms with Gasteiger partial charge in [0.1, 0.15) is 23.2 Å². The Morgan fingerprint density at radius 1 is 1.38 bits per heavy atom. The number of rotatable bonds is 4. The first-order chi connectivity index (χ1) is 11.5. The molecule has 0 radical (unpaired) electrons. The number of nitriles is 1. The molecule has 2 unspecified atom stereocenters. The second kappa shape index (κ2) is 6.72. The number of benzene rings is 1. The lowest BCUT2D eigenvalue weighted by Gasteiger charge is -2.07. The molecule has 1 fully saturated rings. The normalized spacial score (nSPS) is 19.7. The van der Waals surface area contributed by atoms with Gasteiger partial charge in [-0.1, -0.05) is 36.2 Å². The van der Waals surface area contributed by atoms with Crippen LogP contribution in [0.2, 0.25) is 10.0 Å². The van der Waals surface area contributed by atoms with Crippen molar-refractivity contribution in [1.29, 1.82) is 5.26 Å². The third kappa shape index (κ3) is 3.48. The van der Waals surface area contributed by atoms with E-state index in [9.17, 15) is 10.1 Å². The number of carbonyl (C=O) groups is 1. The van der Waals surface area contributed by atoms with E-state index in [-0.39, 0.29) is 10.6 Å². The predicted molar refractivity (Wildman–Crippen MR) is 93.9 cm³/mol. The summed E-state index contributed by atoms with van der Waals surface area (Å²) in [5, 5.41) is 12.4. The minimum atomic E-state index is -0.570. The van der Waals surface area contributed by atoms with Gasteiger partial charge in [-0.15, -0.1) is 0 Å². The molecule has 1 aromatic heterocycles. The van der Waals surface area contributed by atoms with E-state index in [0.717, 1.165) is 12.2 Å². The van der Waals surface area contributed by atoms with Gasteiger partial charge >= 0.3 is 0 Å². The Morgan fingerprint density at radius 3 is 2.79 bits per heavy atom. The van der Waals surface area contributed by atoms with Crippen LogP contribution in [0.15, 0.2) is 40.3 Å². The number of hydrogen-bond donors (Lipinski definition) is 1. The van der Waals surface area contributed by atoms with Crippen molar-refractivity contribution in [3.63, 3.8) is 0 Å². The van der Waals surface area contributed by atoms with Crippen molar-refractivity contribution >= 4 is 40.9 Å². The molecule has 4 nitrogen and oxygen atoms in total. The molecule has 6 heteroatoms. The molecule has 1 aromatic carbocycles. The van der Waals surface area contributed by atoms with Gasteiger partial charge in [-0.2, -0.15) is 5.26 Å². The topological polar surface area (TPSA) is 66.0 Å². The molecule has 1 saturated carbocycles. The summed E-state index contributed by atoms with van der Waals surface area (Å²) >= 11 is 11.9. The highest BCUT2D eigenvalue weighted by Gasteiger charge is 2.36. The van der Waals surface area contributed by atoms with Crippen LogP contribution >= 0.6 is 23.2 Å². The zero-order valence-corrected chi connectivity index (χ0v) is 14.4. The summed E-state index contributed by atoms with van der Waals surface area (Å²) in [5.41, 5.74) is 0.276. The lowest BCUT2D eigenvalue weighted by molar-refractivity contribution is -0.112. The molecule has 3 rings (SSSR count). The first-order valence-electron chi connectivity index (χ1n) is 7.46. The van der Waals surface area contributed by atoms with Gasteiger partial charge in [0.25, 0.3) is 5.91 Å². The zero-order valence-electron chi connectivity index (χ0n) is 12.8. The fourth-order valence-electron chi connectivity index (χ4n) is 2.44. The summed E-state index contributed by atoms with van der Waals surface area (Å²) in [7, 11) is 0. The molecular weight excluding hydrogens is 347 g/mol. The molecule has 1 heterocycles. The van der Waals surface area contributed by atoms with Gasteiger partial charge < -0.3 is 9.73 Å². The molecule has 0 saturated heterocycles. The van der Waals surface area contributed by atoms with Gasteiger partial charge in [-0.25, -0.2) is 0 Å². The van der Waals surface area contributed by atoms with Crippen molar-refractivity contribution in [3.8, 4) is 6.07 Å². The Kier molecular flexibility index (Phi) is 4.66. The number of nitrogens with one attached hydrogen (secondary N) is 1. The van der Waals surface area contributed by atoms with E-state index in [1.807, 2.05) is 12.1 Å². The average molecular weight is 361 g/mol. The summed E-state index contributed by atoms with van der Waals surface area (Å²) in [6, 6.07) is 10.4. The highest BCUT2D eigenvalue weighted by atomic mass is 35.5. The standard InChI is InChI=1S/C18H14Cl2N2O2/c1-10-7-13(10)16-6-5-12(24-16)8-11(9-21)18(23)22-15-4-2-3-14(19)17(15)20/h2-6,8,10,13H,7H2,1H3,(H,22,23)/b11-8+. The molecule has 1 aliphatic rings. The van der Waals surface area contributed by atoms with E-state index in [0.29, 0.717) is 28.3 Å². The molecule has 0 aliphatic heterocycles. The summed E-state index contributed by atoms with van der Waals surface area (Å²) in [4.78, 5) is 12.3. The Balaban J connectivity index is 1.78. The summed E-state index contributed by atoms with van der Waals surface area (Å²) in [5.74, 6) is 1.87. The fourth-order valence-corrected chi connectivity index (χ4v) is 2.79. The van der Waals surface area contributed by atoms with Gasteiger partial charge in [0.15, 0.2) is 0 Å². The first-order valence-corrected chi connectivity index (χ1v) is 8.22. The predicted octanol–water partition coefficient (Wildman–Crippen LogP) is 5.26. The summed E-state index contributed by atoms with van der Waals surface area (Å²) in [6.45, 7) is 2.16. The molecular formula is C18H14Cl2N2O2. The van der Waals surface area contributed by atoms with Crippen molar-refractivity contribution in [1.82, 2.24) is 0 Å². The van der Waals surface area contributed by atoms with Crippen molar-refractivity contribution in [2.45, 2.75) is 19.3 Å². The van der Waals surface area contributed by atoms with Crippen molar-refractivity contribution in [2.24, 2.45) is 5.92 Å². The number of halogens is 2. The van der Waals surface area contributed by atoms with Gasteiger partial charge in [0, 0.05) is 12.0 Å². The molecule has 2 aromatic rings. The van der Waals surface area contributed by atoms with E-state index in [1.165, 1.54) is 6.08 Å². The molecule has 2 atom stereocenters. The van der Waals surface area contributed by atoms with Crippen LogP contribution in [0.1, 0.15) is 30.8 Å². The molecule has 24 heavy (non-hydrogen) atoms. The lowest BCUT2D eigenvalue weighted by Crippen LogP contribution is -2.13. The summed E-state index contributed by atoms with van der Waals surface area (Å²) < 4.78 is 5.70. The molecule has 122 valence electrons. The quantitative estimate of drug-likeness (QED) is 0.597. The highest BCUT2D eigenvalue weighted by Crippen LogP contribution is 2.47. The maximum Gasteiger partial charge on any atom is 0.266 e. The van der Waals surface area contributed by atoms with Crippen molar-refractivity contribution < 1.29 is 9.21 Å². The Bertz CT molecular complexity index is 864. The Hall–Kier alpha value is -2.22. The van der Waals surface area contributed by atoms with Crippen LogP contribution in [0.4, 0.5) is 5.69 Å². The smallest absolute Gasteiger partial charge is 0.266 e. The van der Waals surface area contributed by atoms with Gasteiger partial charge in [0.05, 0.1) is 15.7 Å². The number of anilines is 1. The fraction of sp³-hybridized carbons (Fsp3) is 0.222. The molecule has 1 aliphatic carbocycles. The van der Waals surface area contributed by atoms with E-state index in [1.54, 1.807) is 24.3 Å². The second-order valence-electron chi connectivity index (χ2n) is 5.78. The SMILES string of the molecule is CC1CC1c1ccc(/C=C(\C#N)C(=O)Nc2cccc(Cl)c2Cl)o1. The number of carbonyl (C=O) groups excluding carboxylic acids is 1. The third-order valence-electron chi connectivity index (χ3n) is 3.97. The Morgan fingerprint density at radius 2 is 2.12 bits per heavy atom. The second-order valence-corrected chi connectivity index (χ2v) is 6.57. The lowest BCUT2D eigenvalue weighted by atomic mass is 10.2. The molecule has 1 amide bonds. The van der Waals surface area contributed by atoms with Crippen LogP contribution in [0, 0.1) is 17.2 Å². The molecule has 0 bridgehead atoms. The van der Waals surface area contributed by atoms with Gasteiger partial charge in [0.2, 0.25) is 0 Å². The molecule has 1 N–H and O–H groups in total. The monoisotopic (exact) mass is 360 g/mol. The van der Waals surface area contributed by atoms with Crippen LogP contribution < -0.4 is 5.32 Å². The maximum absolute atomic E-state index is 12.3.